The second kappa shape index (κ2) is 9.42. The van der Waals surface area contributed by atoms with Gasteiger partial charge in [-0.3, -0.25) is 4.79 Å². The minimum absolute atomic E-state index is 0.204. The molecule has 21 heavy (non-hydrogen) atoms. The Hall–Kier alpha value is -0.610. The molecule has 0 bridgehead atoms. The molecule has 1 atom stereocenters. The topological polar surface area (TPSA) is 41.6 Å². The molecule has 4 nitrogen and oxygen atoms in total. The fraction of sp³-hybridized carbons (Fsp3) is 0.941. The first-order chi connectivity index (χ1) is 10.3. The standard InChI is InChI=1S/C17H32N2O2/c1-19-13-5-4-7-15(19)10-11-17(20)18-12-6-14-21-16-8-2-3-9-16/h15-16H,2-14H2,1H3,(H,18,20). The van der Waals surface area contributed by atoms with Crippen molar-refractivity contribution < 1.29 is 9.53 Å². The third-order valence-corrected chi connectivity index (χ3v) is 4.93. The van der Waals surface area contributed by atoms with Crippen LogP contribution in [0.1, 0.15) is 64.2 Å². The van der Waals surface area contributed by atoms with Crippen molar-refractivity contribution in [3.05, 3.63) is 0 Å². The van der Waals surface area contributed by atoms with Gasteiger partial charge in [0, 0.05) is 25.6 Å². The molecule has 0 aromatic rings. The third-order valence-electron chi connectivity index (χ3n) is 4.93. The maximum atomic E-state index is 11.8. The number of carbonyl (C=O) groups excluding carboxylic acids is 1. The van der Waals surface area contributed by atoms with Gasteiger partial charge < -0.3 is 15.0 Å². The van der Waals surface area contributed by atoms with Gasteiger partial charge in [0.15, 0.2) is 0 Å². The van der Waals surface area contributed by atoms with Crippen LogP contribution in [-0.2, 0) is 9.53 Å². The molecule has 1 saturated carbocycles. The predicted octanol–water partition coefficient (Wildman–Crippen LogP) is 2.72. The van der Waals surface area contributed by atoms with E-state index in [0.717, 1.165) is 26.0 Å². The SMILES string of the molecule is CN1CCCCC1CCC(=O)NCCCOC1CCCC1. The second-order valence-electron chi connectivity index (χ2n) is 6.65. The van der Waals surface area contributed by atoms with Gasteiger partial charge in [-0.2, -0.15) is 0 Å². The Labute approximate surface area is 129 Å². The summed E-state index contributed by atoms with van der Waals surface area (Å²) >= 11 is 0. The van der Waals surface area contributed by atoms with Crippen LogP contribution in [0.3, 0.4) is 0 Å². The summed E-state index contributed by atoms with van der Waals surface area (Å²) in [5, 5.41) is 3.03. The molecule has 0 aromatic heterocycles. The van der Waals surface area contributed by atoms with Gasteiger partial charge in [0.2, 0.25) is 5.91 Å². The number of carbonyl (C=O) groups is 1. The number of hydrogen-bond donors (Lipinski definition) is 1. The van der Waals surface area contributed by atoms with E-state index >= 15 is 0 Å². The van der Waals surface area contributed by atoms with E-state index in [1.807, 2.05) is 0 Å². The lowest BCUT2D eigenvalue weighted by molar-refractivity contribution is -0.121. The fourth-order valence-corrected chi connectivity index (χ4v) is 3.50. The summed E-state index contributed by atoms with van der Waals surface area (Å²) in [5.41, 5.74) is 0. The smallest absolute Gasteiger partial charge is 0.220 e. The van der Waals surface area contributed by atoms with Crippen molar-refractivity contribution in [2.45, 2.75) is 76.4 Å². The number of ether oxygens (including phenoxy) is 1. The number of nitrogens with zero attached hydrogens (tertiary/aromatic N) is 1. The van der Waals surface area contributed by atoms with E-state index in [0.29, 0.717) is 18.6 Å². The van der Waals surface area contributed by atoms with Crippen LogP contribution in [0.15, 0.2) is 0 Å². The molecule has 0 radical (unpaired) electrons. The van der Waals surface area contributed by atoms with Gasteiger partial charge in [0.05, 0.1) is 6.10 Å². The highest BCUT2D eigenvalue weighted by Crippen LogP contribution is 2.21. The van der Waals surface area contributed by atoms with Crippen molar-refractivity contribution in [3.63, 3.8) is 0 Å². The molecule has 1 amide bonds. The Morgan fingerprint density at radius 2 is 1.95 bits per heavy atom. The molecule has 1 aliphatic carbocycles. The number of amides is 1. The lowest BCUT2D eigenvalue weighted by Crippen LogP contribution is -2.37. The number of rotatable bonds is 8. The van der Waals surface area contributed by atoms with Crippen LogP contribution in [0.2, 0.25) is 0 Å². The Morgan fingerprint density at radius 3 is 2.71 bits per heavy atom. The van der Waals surface area contributed by atoms with Gasteiger partial charge in [0.1, 0.15) is 0 Å². The van der Waals surface area contributed by atoms with Gasteiger partial charge >= 0.3 is 0 Å². The van der Waals surface area contributed by atoms with E-state index in [1.54, 1.807) is 0 Å². The molecule has 1 saturated heterocycles. The molecular weight excluding hydrogens is 264 g/mol. The molecule has 2 aliphatic rings. The van der Waals surface area contributed by atoms with Gasteiger partial charge in [-0.15, -0.1) is 0 Å². The van der Waals surface area contributed by atoms with Crippen molar-refractivity contribution >= 4 is 5.91 Å². The van der Waals surface area contributed by atoms with E-state index < -0.39 is 0 Å². The molecule has 0 aromatic carbocycles. The summed E-state index contributed by atoms with van der Waals surface area (Å²) in [7, 11) is 2.18. The first kappa shape index (κ1) is 16.8. The largest absolute Gasteiger partial charge is 0.378 e. The molecule has 1 unspecified atom stereocenters. The molecule has 1 heterocycles. The minimum atomic E-state index is 0.204. The van der Waals surface area contributed by atoms with E-state index in [2.05, 4.69) is 17.3 Å². The van der Waals surface area contributed by atoms with E-state index in [1.165, 1.54) is 51.5 Å². The lowest BCUT2D eigenvalue weighted by atomic mass is 9.98. The summed E-state index contributed by atoms with van der Waals surface area (Å²) in [6.07, 6.45) is 12.0. The van der Waals surface area contributed by atoms with Gasteiger partial charge in [-0.1, -0.05) is 19.3 Å². The van der Waals surface area contributed by atoms with Crippen molar-refractivity contribution in [1.82, 2.24) is 10.2 Å². The van der Waals surface area contributed by atoms with E-state index in [-0.39, 0.29) is 5.91 Å². The molecule has 2 fully saturated rings. The molecule has 1 N–H and O–H groups in total. The van der Waals surface area contributed by atoms with Crippen molar-refractivity contribution in [1.29, 1.82) is 0 Å². The summed E-state index contributed by atoms with van der Waals surface area (Å²) in [6.45, 7) is 2.73. The third kappa shape index (κ3) is 6.35. The number of piperidine rings is 1. The van der Waals surface area contributed by atoms with Crippen LogP contribution in [0.25, 0.3) is 0 Å². The van der Waals surface area contributed by atoms with Crippen molar-refractivity contribution in [2.75, 3.05) is 26.7 Å². The Morgan fingerprint density at radius 1 is 1.19 bits per heavy atom. The van der Waals surface area contributed by atoms with Gasteiger partial charge in [-0.25, -0.2) is 0 Å². The Bertz CT molecular complexity index is 303. The van der Waals surface area contributed by atoms with Crippen LogP contribution in [0, 0.1) is 0 Å². The second-order valence-corrected chi connectivity index (χ2v) is 6.65. The number of likely N-dealkylation sites (tertiary alicyclic amines) is 1. The number of nitrogens with one attached hydrogen (secondary N) is 1. The highest BCUT2D eigenvalue weighted by molar-refractivity contribution is 5.75. The first-order valence-corrected chi connectivity index (χ1v) is 8.84. The van der Waals surface area contributed by atoms with Crippen LogP contribution in [0.5, 0.6) is 0 Å². The average Bonchev–Trinajstić information content (AvgIpc) is 2.99. The van der Waals surface area contributed by atoms with Crippen LogP contribution in [0.4, 0.5) is 0 Å². The molecule has 122 valence electrons. The monoisotopic (exact) mass is 296 g/mol. The minimum Gasteiger partial charge on any atom is -0.378 e. The normalized spacial score (nSPS) is 24.3. The average molecular weight is 296 g/mol. The highest BCUT2D eigenvalue weighted by atomic mass is 16.5. The zero-order valence-corrected chi connectivity index (χ0v) is 13.6. The predicted molar refractivity (Wildman–Crippen MR) is 85.3 cm³/mol. The fourth-order valence-electron chi connectivity index (χ4n) is 3.50. The maximum Gasteiger partial charge on any atom is 0.220 e. The van der Waals surface area contributed by atoms with Crippen LogP contribution < -0.4 is 5.32 Å². The summed E-state index contributed by atoms with van der Waals surface area (Å²) < 4.78 is 5.80. The van der Waals surface area contributed by atoms with E-state index in [9.17, 15) is 4.79 Å². The van der Waals surface area contributed by atoms with E-state index in [4.69, 9.17) is 4.74 Å². The zero-order valence-electron chi connectivity index (χ0n) is 13.6. The maximum absolute atomic E-state index is 11.8. The first-order valence-electron chi connectivity index (χ1n) is 8.84. The van der Waals surface area contributed by atoms with Crippen molar-refractivity contribution in [3.8, 4) is 0 Å². The van der Waals surface area contributed by atoms with Gasteiger partial charge in [-0.05, 0) is 52.1 Å². The van der Waals surface area contributed by atoms with Crippen molar-refractivity contribution in [2.24, 2.45) is 0 Å². The summed E-state index contributed by atoms with van der Waals surface area (Å²) in [6, 6.07) is 0.607. The molecule has 4 heteroatoms. The van der Waals surface area contributed by atoms with Gasteiger partial charge in [0.25, 0.3) is 0 Å². The van der Waals surface area contributed by atoms with Crippen LogP contribution >= 0.6 is 0 Å². The highest BCUT2D eigenvalue weighted by Gasteiger charge is 2.19. The van der Waals surface area contributed by atoms with Crippen LogP contribution in [-0.4, -0.2) is 49.7 Å². The summed E-state index contributed by atoms with van der Waals surface area (Å²) in [4.78, 5) is 14.3. The summed E-state index contributed by atoms with van der Waals surface area (Å²) in [5.74, 6) is 0.204. The Balaban J connectivity index is 1.45. The molecule has 0 spiro atoms. The zero-order chi connectivity index (χ0) is 14.9. The lowest BCUT2D eigenvalue weighted by Gasteiger charge is -2.32. The Kier molecular flexibility index (Phi) is 7.51. The molecular formula is C17H32N2O2. The molecule has 1 aliphatic heterocycles. The molecule has 2 rings (SSSR count). The quantitative estimate of drug-likeness (QED) is 0.700. The number of hydrogen-bond acceptors (Lipinski definition) is 3.